The highest BCUT2D eigenvalue weighted by molar-refractivity contribution is 5.58. The Balaban J connectivity index is 1.91. The van der Waals surface area contributed by atoms with Gasteiger partial charge in [0.25, 0.3) is 0 Å². The van der Waals surface area contributed by atoms with E-state index in [9.17, 15) is 31.4 Å². The molecule has 1 N–H and O–H groups in total. The molecule has 2 aliphatic rings. The van der Waals surface area contributed by atoms with Crippen LogP contribution >= 0.6 is 0 Å². The Bertz CT molecular complexity index is 1030. The van der Waals surface area contributed by atoms with E-state index in [1.165, 1.54) is 0 Å². The van der Waals surface area contributed by atoms with Crippen LogP contribution in [0.2, 0.25) is 0 Å². The van der Waals surface area contributed by atoms with Crippen molar-refractivity contribution in [1.29, 1.82) is 5.26 Å². The molecule has 0 saturated carbocycles. The zero-order valence-electron chi connectivity index (χ0n) is 13.9. The molecule has 28 heavy (non-hydrogen) atoms. The SMILES string of the molecule is N#Cc1cc(F)cc(Oc2ccc3c4c2[C@@H](F)CC[C@]4(O)C(F)(F)C3(F)F)c1. The zero-order chi connectivity index (χ0) is 20.5. The van der Waals surface area contributed by atoms with Gasteiger partial charge in [0, 0.05) is 22.8 Å². The van der Waals surface area contributed by atoms with Gasteiger partial charge < -0.3 is 9.84 Å². The molecule has 146 valence electrons. The summed E-state index contributed by atoms with van der Waals surface area (Å²) in [6.45, 7) is 0. The van der Waals surface area contributed by atoms with Gasteiger partial charge in [-0.05, 0) is 37.1 Å². The first-order valence-electron chi connectivity index (χ1n) is 8.21. The highest BCUT2D eigenvalue weighted by Gasteiger charge is 2.77. The fourth-order valence-corrected chi connectivity index (χ4v) is 3.87. The molecular formula is C19H11F6NO2. The van der Waals surface area contributed by atoms with E-state index in [0.717, 1.165) is 24.3 Å². The third-order valence-corrected chi connectivity index (χ3v) is 5.17. The lowest BCUT2D eigenvalue weighted by atomic mass is 9.77. The minimum Gasteiger partial charge on any atom is -0.457 e. The molecule has 0 aliphatic heterocycles. The van der Waals surface area contributed by atoms with Gasteiger partial charge in [-0.15, -0.1) is 0 Å². The summed E-state index contributed by atoms with van der Waals surface area (Å²) in [4.78, 5) is 0. The number of halogens is 6. The highest BCUT2D eigenvalue weighted by atomic mass is 19.3. The molecule has 4 rings (SSSR count). The van der Waals surface area contributed by atoms with E-state index in [1.54, 1.807) is 6.07 Å². The first-order valence-corrected chi connectivity index (χ1v) is 8.21. The normalized spacial score (nSPS) is 26.4. The number of benzene rings is 2. The van der Waals surface area contributed by atoms with E-state index < -0.39 is 64.7 Å². The molecule has 0 heterocycles. The molecule has 2 aromatic rings. The van der Waals surface area contributed by atoms with Crippen molar-refractivity contribution in [3.8, 4) is 17.6 Å². The van der Waals surface area contributed by atoms with E-state index in [1.807, 2.05) is 0 Å². The number of nitrogens with zero attached hydrogens (tertiary/aromatic N) is 1. The molecule has 2 atom stereocenters. The number of hydrogen-bond acceptors (Lipinski definition) is 3. The summed E-state index contributed by atoms with van der Waals surface area (Å²) in [5, 5.41) is 19.3. The quantitative estimate of drug-likeness (QED) is 0.705. The van der Waals surface area contributed by atoms with Crippen LogP contribution < -0.4 is 4.74 Å². The maximum Gasteiger partial charge on any atom is 0.346 e. The maximum atomic E-state index is 14.6. The van der Waals surface area contributed by atoms with Crippen LogP contribution in [0, 0.1) is 17.1 Å². The van der Waals surface area contributed by atoms with Crippen molar-refractivity contribution in [2.45, 2.75) is 36.5 Å². The molecule has 0 aromatic heterocycles. The standard InChI is InChI=1S/C19H11F6NO2/c20-10-5-9(8-26)6-11(7-10)28-14-2-1-12-16-15(14)13(21)3-4-17(16,27)19(24,25)18(12,22)23/h1-2,5-7,13,27H,3-4H2/t13-,17+/m0/s1. The molecule has 0 radical (unpaired) electrons. The predicted octanol–water partition coefficient (Wildman–Crippen LogP) is 5.22. The van der Waals surface area contributed by atoms with Crippen LogP contribution in [0.25, 0.3) is 0 Å². The third-order valence-electron chi connectivity index (χ3n) is 5.17. The second-order valence-electron chi connectivity index (χ2n) is 6.80. The number of alkyl halides is 5. The number of ether oxygens (including phenoxy) is 1. The minimum absolute atomic E-state index is 0.115. The molecule has 0 unspecified atom stereocenters. The second kappa shape index (κ2) is 5.64. The average molecular weight is 399 g/mol. The van der Waals surface area contributed by atoms with Gasteiger partial charge in [0.05, 0.1) is 11.6 Å². The summed E-state index contributed by atoms with van der Waals surface area (Å²) in [6.07, 6.45) is -3.46. The third kappa shape index (κ3) is 2.21. The van der Waals surface area contributed by atoms with Crippen molar-refractivity contribution in [2.75, 3.05) is 0 Å². The highest BCUT2D eigenvalue weighted by Crippen LogP contribution is 2.66. The number of nitriles is 1. The van der Waals surface area contributed by atoms with E-state index in [-0.39, 0.29) is 11.3 Å². The van der Waals surface area contributed by atoms with E-state index in [4.69, 9.17) is 10.00 Å². The number of hydrogen-bond donors (Lipinski definition) is 1. The first-order chi connectivity index (χ1) is 13.0. The zero-order valence-corrected chi connectivity index (χ0v) is 13.9. The lowest BCUT2D eigenvalue weighted by Gasteiger charge is -2.37. The molecule has 3 nitrogen and oxygen atoms in total. The number of aliphatic hydroxyl groups is 1. The Kier molecular flexibility index (Phi) is 3.75. The Hall–Kier alpha value is -2.73. The molecule has 0 spiro atoms. The van der Waals surface area contributed by atoms with E-state index in [2.05, 4.69) is 0 Å². The van der Waals surface area contributed by atoms with Crippen molar-refractivity contribution in [3.63, 3.8) is 0 Å². The van der Waals surface area contributed by atoms with Gasteiger partial charge in [-0.3, -0.25) is 0 Å². The summed E-state index contributed by atoms with van der Waals surface area (Å²) in [5.41, 5.74) is -6.04. The summed E-state index contributed by atoms with van der Waals surface area (Å²) < 4.78 is 90.9. The van der Waals surface area contributed by atoms with E-state index >= 15 is 0 Å². The first kappa shape index (κ1) is 18.6. The van der Waals surface area contributed by atoms with Gasteiger partial charge in [-0.1, -0.05) is 0 Å². The van der Waals surface area contributed by atoms with Crippen molar-refractivity contribution >= 4 is 0 Å². The van der Waals surface area contributed by atoms with Gasteiger partial charge in [-0.25, -0.2) is 8.78 Å². The molecule has 0 bridgehead atoms. The number of rotatable bonds is 2. The van der Waals surface area contributed by atoms with Gasteiger partial charge in [0.2, 0.25) is 0 Å². The van der Waals surface area contributed by atoms with Gasteiger partial charge in [0.15, 0.2) is 5.60 Å². The van der Waals surface area contributed by atoms with Crippen LogP contribution in [0.1, 0.15) is 41.3 Å². The monoisotopic (exact) mass is 399 g/mol. The smallest absolute Gasteiger partial charge is 0.346 e. The van der Waals surface area contributed by atoms with Gasteiger partial charge in [0.1, 0.15) is 23.5 Å². The molecule has 9 heteroatoms. The lowest BCUT2D eigenvalue weighted by Crippen LogP contribution is -2.50. The van der Waals surface area contributed by atoms with Crippen LogP contribution in [0.3, 0.4) is 0 Å². The van der Waals surface area contributed by atoms with Crippen molar-refractivity contribution in [3.05, 3.63) is 58.4 Å². The largest absolute Gasteiger partial charge is 0.457 e. The molecule has 2 aromatic carbocycles. The fraction of sp³-hybridized carbons (Fsp3) is 0.316. The molecule has 2 aliphatic carbocycles. The maximum absolute atomic E-state index is 14.6. The Morgan fingerprint density at radius 3 is 2.54 bits per heavy atom. The molecule has 0 fully saturated rings. The van der Waals surface area contributed by atoms with Crippen molar-refractivity contribution < 1.29 is 36.2 Å². The Labute approximate surface area is 154 Å². The summed E-state index contributed by atoms with van der Waals surface area (Å²) in [6, 6.07) is 6.10. The topological polar surface area (TPSA) is 53.2 Å². The molecule has 0 amide bonds. The predicted molar refractivity (Wildman–Crippen MR) is 83.5 cm³/mol. The molecule has 0 saturated heterocycles. The van der Waals surface area contributed by atoms with Crippen molar-refractivity contribution in [2.24, 2.45) is 0 Å². The van der Waals surface area contributed by atoms with Gasteiger partial charge in [-0.2, -0.15) is 22.8 Å². The van der Waals surface area contributed by atoms with Crippen LogP contribution in [0.15, 0.2) is 30.3 Å². The summed E-state index contributed by atoms with van der Waals surface area (Å²) in [7, 11) is 0. The van der Waals surface area contributed by atoms with Crippen LogP contribution in [0.4, 0.5) is 26.3 Å². The van der Waals surface area contributed by atoms with E-state index in [0.29, 0.717) is 6.07 Å². The van der Waals surface area contributed by atoms with Crippen LogP contribution in [-0.2, 0) is 11.5 Å². The lowest BCUT2D eigenvalue weighted by molar-refractivity contribution is -0.289. The van der Waals surface area contributed by atoms with Crippen LogP contribution in [-0.4, -0.2) is 11.0 Å². The minimum atomic E-state index is -4.83. The second-order valence-corrected chi connectivity index (χ2v) is 6.80. The Morgan fingerprint density at radius 1 is 1.14 bits per heavy atom. The summed E-state index contributed by atoms with van der Waals surface area (Å²) in [5.74, 6) is -11.0. The Morgan fingerprint density at radius 2 is 1.86 bits per heavy atom. The molecular weight excluding hydrogens is 388 g/mol. The van der Waals surface area contributed by atoms with Gasteiger partial charge >= 0.3 is 11.8 Å². The average Bonchev–Trinajstić information content (AvgIpc) is 2.74. The fourth-order valence-electron chi connectivity index (χ4n) is 3.87. The van der Waals surface area contributed by atoms with Crippen LogP contribution in [0.5, 0.6) is 11.5 Å². The van der Waals surface area contributed by atoms with Crippen molar-refractivity contribution in [1.82, 2.24) is 0 Å². The summed E-state index contributed by atoms with van der Waals surface area (Å²) >= 11 is 0.